The van der Waals surface area contributed by atoms with Crippen LogP contribution in [0.4, 0.5) is 0 Å². The summed E-state index contributed by atoms with van der Waals surface area (Å²) in [5.41, 5.74) is 0. The molecule has 0 atom stereocenters. The average molecular weight is 461 g/mol. The first kappa shape index (κ1) is 26.7. The maximum atomic E-state index is 6.57. The van der Waals surface area contributed by atoms with E-state index in [9.17, 15) is 0 Å². The standard InChI is InChI=1S/C28H45O3P/c1-3-5-7-9-11-19-25-29-32(26-20-12-10-8-6-4-2,30-27-21-15-13-16-22-27)31-28-23-17-14-18-24-28/h13-18,21-24,32H,3-12,19-20,25-26H2,1-2H3. The van der Waals surface area contributed by atoms with Crippen LogP contribution in [-0.4, -0.2) is 12.8 Å². The van der Waals surface area contributed by atoms with Gasteiger partial charge in [0.25, 0.3) is 0 Å². The molecule has 180 valence electrons. The molecule has 0 bridgehead atoms. The van der Waals surface area contributed by atoms with Gasteiger partial charge in [0.15, 0.2) is 0 Å². The molecule has 2 aromatic rings. The van der Waals surface area contributed by atoms with Crippen molar-refractivity contribution in [3.8, 4) is 11.5 Å². The van der Waals surface area contributed by atoms with Gasteiger partial charge in [0.05, 0.1) is 0 Å². The van der Waals surface area contributed by atoms with Gasteiger partial charge in [-0.15, -0.1) is 0 Å². The molecule has 0 aliphatic heterocycles. The van der Waals surface area contributed by atoms with Crippen LogP contribution in [0.15, 0.2) is 60.7 Å². The summed E-state index contributed by atoms with van der Waals surface area (Å²) in [5, 5.41) is 0. The summed E-state index contributed by atoms with van der Waals surface area (Å²) in [7, 11) is -2.92. The molecule has 32 heavy (non-hydrogen) atoms. The Labute approximate surface area is 197 Å². The molecule has 0 amide bonds. The Morgan fingerprint density at radius 2 is 0.969 bits per heavy atom. The predicted molar refractivity (Wildman–Crippen MR) is 140 cm³/mol. The van der Waals surface area contributed by atoms with E-state index in [0.29, 0.717) is 6.61 Å². The first-order valence-corrected chi connectivity index (χ1v) is 14.8. The number of para-hydroxylation sites is 2. The molecule has 0 N–H and O–H groups in total. The van der Waals surface area contributed by atoms with Crippen LogP contribution in [-0.2, 0) is 4.52 Å². The third kappa shape index (κ3) is 11.3. The van der Waals surface area contributed by atoms with Gasteiger partial charge in [0.2, 0.25) is 0 Å². The van der Waals surface area contributed by atoms with Crippen molar-refractivity contribution in [2.75, 3.05) is 12.8 Å². The fraction of sp³-hybridized carbons (Fsp3) is 0.571. The third-order valence-corrected chi connectivity index (χ3v) is 8.39. The fourth-order valence-corrected chi connectivity index (χ4v) is 6.46. The zero-order valence-electron chi connectivity index (χ0n) is 20.4. The van der Waals surface area contributed by atoms with Crippen molar-refractivity contribution < 1.29 is 13.6 Å². The summed E-state index contributed by atoms with van der Waals surface area (Å²) in [4.78, 5) is 0. The van der Waals surface area contributed by atoms with Crippen LogP contribution in [0, 0.1) is 0 Å². The second-order valence-electron chi connectivity index (χ2n) is 8.65. The van der Waals surface area contributed by atoms with Gasteiger partial charge in [0, 0.05) is 0 Å². The van der Waals surface area contributed by atoms with E-state index in [0.717, 1.165) is 30.5 Å². The molecule has 0 unspecified atom stereocenters. The molecular weight excluding hydrogens is 415 g/mol. The van der Waals surface area contributed by atoms with Crippen LogP contribution in [0.5, 0.6) is 11.5 Å². The Hall–Kier alpha value is -1.57. The van der Waals surface area contributed by atoms with Crippen LogP contribution in [0.25, 0.3) is 0 Å². The van der Waals surface area contributed by atoms with Crippen LogP contribution < -0.4 is 9.05 Å². The van der Waals surface area contributed by atoms with Crippen molar-refractivity contribution in [3.63, 3.8) is 0 Å². The Morgan fingerprint density at radius 1 is 0.531 bits per heavy atom. The quantitative estimate of drug-likeness (QED) is 0.154. The Morgan fingerprint density at radius 3 is 1.47 bits per heavy atom. The Balaban J connectivity index is 2.05. The van der Waals surface area contributed by atoms with E-state index in [1.807, 2.05) is 60.7 Å². The second-order valence-corrected chi connectivity index (χ2v) is 11.2. The summed E-state index contributed by atoms with van der Waals surface area (Å²) in [6, 6.07) is 20.1. The van der Waals surface area contributed by atoms with Crippen molar-refractivity contribution in [3.05, 3.63) is 60.7 Å². The van der Waals surface area contributed by atoms with E-state index in [1.165, 1.54) is 64.2 Å². The zero-order valence-corrected chi connectivity index (χ0v) is 21.4. The SMILES string of the molecule is CCCCCCCCO[PH](CCCCCCCC)(Oc1ccccc1)Oc1ccccc1. The molecule has 0 aliphatic carbocycles. The molecule has 0 radical (unpaired) electrons. The van der Waals surface area contributed by atoms with Gasteiger partial charge in [-0.05, 0) is 0 Å². The van der Waals surface area contributed by atoms with Crippen molar-refractivity contribution in [2.24, 2.45) is 0 Å². The minimum absolute atomic E-state index is 0.702. The maximum absolute atomic E-state index is 6.57. The fourth-order valence-electron chi connectivity index (χ4n) is 3.82. The molecule has 0 heterocycles. The van der Waals surface area contributed by atoms with Crippen LogP contribution in [0.3, 0.4) is 0 Å². The number of rotatable bonds is 19. The summed E-state index contributed by atoms with van der Waals surface area (Å²) in [6.07, 6.45) is 15.8. The molecule has 2 rings (SSSR count). The van der Waals surface area contributed by atoms with Gasteiger partial charge < -0.3 is 0 Å². The monoisotopic (exact) mass is 460 g/mol. The van der Waals surface area contributed by atoms with Gasteiger partial charge in [-0.2, -0.15) is 0 Å². The van der Waals surface area contributed by atoms with E-state index in [-0.39, 0.29) is 0 Å². The predicted octanol–water partition coefficient (Wildman–Crippen LogP) is 9.38. The summed E-state index contributed by atoms with van der Waals surface area (Å²) in [6.45, 7) is 5.22. The number of unbranched alkanes of at least 4 members (excludes halogenated alkanes) is 10. The Kier molecular flexibility index (Phi) is 14.2. The molecule has 3 nitrogen and oxygen atoms in total. The summed E-state index contributed by atoms with van der Waals surface area (Å²) >= 11 is 0. The van der Waals surface area contributed by atoms with Crippen molar-refractivity contribution >= 4 is 7.94 Å². The average Bonchev–Trinajstić information content (AvgIpc) is 2.82. The first-order valence-electron chi connectivity index (χ1n) is 12.9. The summed E-state index contributed by atoms with van der Waals surface area (Å²) in [5.74, 6) is 1.67. The molecule has 0 fully saturated rings. The van der Waals surface area contributed by atoms with E-state index in [2.05, 4.69) is 13.8 Å². The Bertz CT molecular complexity index is 636. The van der Waals surface area contributed by atoms with E-state index in [4.69, 9.17) is 13.6 Å². The molecule has 0 aromatic heterocycles. The van der Waals surface area contributed by atoms with Gasteiger partial charge in [-0.1, -0.05) is 0 Å². The van der Waals surface area contributed by atoms with Crippen LogP contribution in [0.1, 0.15) is 90.9 Å². The number of hydrogen-bond donors (Lipinski definition) is 0. The molecule has 0 saturated carbocycles. The third-order valence-electron chi connectivity index (χ3n) is 5.69. The molecule has 4 heteroatoms. The van der Waals surface area contributed by atoms with Crippen molar-refractivity contribution in [2.45, 2.75) is 90.9 Å². The zero-order chi connectivity index (χ0) is 22.7. The number of hydrogen-bond acceptors (Lipinski definition) is 3. The molecule has 0 saturated heterocycles. The van der Waals surface area contributed by atoms with E-state index < -0.39 is 7.94 Å². The molecule has 0 spiro atoms. The van der Waals surface area contributed by atoms with E-state index >= 15 is 0 Å². The normalized spacial score (nSPS) is 11.9. The second kappa shape index (κ2) is 17.0. The van der Waals surface area contributed by atoms with Gasteiger partial charge >= 0.3 is 197 Å². The van der Waals surface area contributed by atoms with Crippen molar-refractivity contribution in [1.29, 1.82) is 0 Å². The molecule has 0 aliphatic rings. The first-order chi connectivity index (χ1) is 15.8. The molecule has 2 aromatic carbocycles. The topological polar surface area (TPSA) is 27.7 Å². The van der Waals surface area contributed by atoms with Gasteiger partial charge in [-0.3, -0.25) is 0 Å². The van der Waals surface area contributed by atoms with Gasteiger partial charge in [-0.25, -0.2) is 0 Å². The van der Waals surface area contributed by atoms with Crippen molar-refractivity contribution in [1.82, 2.24) is 0 Å². The van der Waals surface area contributed by atoms with Crippen LogP contribution >= 0.6 is 7.94 Å². The number of benzene rings is 2. The van der Waals surface area contributed by atoms with Crippen LogP contribution in [0.2, 0.25) is 0 Å². The summed E-state index contributed by atoms with van der Waals surface area (Å²) < 4.78 is 19.7. The minimum atomic E-state index is -2.92. The van der Waals surface area contributed by atoms with E-state index in [1.54, 1.807) is 0 Å². The molecular formula is C28H45O3P. The van der Waals surface area contributed by atoms with Gasteiger partial charge in [0.1, 0.15) is 0 Å².